The number of benzene rings is 2. The van der Waals surface area contributed by atoms with Gasteiger partial charge in [0.2, 0.25) is 5.91 Å². The van der Waals surface area contributed by atoms with Crippen LogP contribution in [0.5, 0.6) is 0 Å². The van der Waals surface area contributed by atoms with Crippen LogP contribution in [0.25, 0.3) is 11.0 Å². The molecule has 10 nitrogen and oxygen atoms in total. The fourth-order valence-electron chi connectivity index (χ4n) is 4.57. The quantitative estimate of drug-likeness (QED) is 0.177. The van der Waals surface area contributed by atoms with Gasteiger partial charge in [-0.1, -0.05) is 6.07 Å². The molecule has 2 aromatic carbocycles. The summed E-state index contributed by atoms with van der Waals surface area (Å²) in [5.41, 5.74) is 8.80. The maximum atomic E-state index is 13.6. The summed E-state index contributed by atoms with van der Waals surface area (Å²) >= 11 is 0. The lowest BCUT2D eigenvalue weighted by Gasteiger charge is -2.35. The van der Waals surface area contributed by atoms with Gasteiger partial charge in [-0.2, -0.15) is 0 Å². The highest BCUT2D eigenvalue weighted by molar-refractivity contribution is 5.95. The highest BCUT2D eigenvalue weighted by Gasteiger charge is 2.39. The zero-order valence-corrected chi connectivity index (χ0v) is 24.4. The van der Waals surface area contributed by atoms with Gasteiger partial charge in [0.25, 0.3) is 0 Å². The van der Waals surface area contributed by atoms with Crippen LogP contribution in [0.3, 0.4) is 0 Å². The number of aryl methyl sites for hydroxylation is 1. The second-order valence-electron chi connectivity index (χ2n) is 9.76. The number of nitrogen functional groups attached to an aromatic ring is 1. The molecule has 4 N–H and O–H groups in total. The Morgan fingerprint density at radius 2 is 1.82 bits per heavy atom. The van der Waals surface area contributed by atoms with Gasteiger partial charge in [-0.05, 0) is 69.8 Å². The summed E-state index contributed by atoms with van der Waals surface area (Å²) in [5, 5.41) is 10.9. The number of carbonyl (C=O) groups is 2. The molecule has 39 heavy (non-hydrogen) atoms. The Balaban J connectivity index is 0.00000533. The number of aromatic nitrogens is 2. The first-order valence-electron chi connectivity index (χ1n) is 12.7. The Hall–Kier alpha value is -3.63. The summed E-state index contributed by atoms with van der Waals surface area (Å²) in [4.78, 5) is 34.1. The number of esters is 1. The Kier molecular flexibility index (Phi) is 10.9. The number of nitrogens with zero attached hydrogens (tertiary/aromatic N) is 4. The van der Waals surface area contributed by atoms with Crippen LogP contribution in [0, 0.1) is 5.41 Å². The number of hydrogen-bond donors (Lipinski definition) is 3. The minimum absolute atomic E-state index is 0. The monoisotopic (exact) mass is 557 g/mol. The van der Waals surface area contributed by atoms with E-state index in [0.717, 1.165) is 28.1 Å². The molecule has 3 rings (SSSR count). The van der Waals surface area contributed by atoms with E-state index in [0.29, 0.717) is 31.8 Å². The van der Waals surface area contributed by atoms with Crippen LogP contribution in [0.2, 0.25) is 0 Å². The van der Waals surface area contributed by atoms with Crippen LogP contribution in [0.4, 0.5) is 5.69 Å². The zero-order valence-electron chi connectivity index (χ0n) is 23.6. The van der Waals surface area contributed by atoms with Gasteiger partial charge in [-0.3, -0.25) is 19.9 Å². The molecule has 0 aliphatic rings. The fourth-order valence-corrected chi connectivity index (χ4v) is 4.57. The summed E-state index contributed by atoms with van der Waals surface area (Å²) < 4.78 is 7.13. The van der Waals surface area contributed by atoms with Gasteiger partial charge in [0.05, 0.1) is 36.1 Å². The van der Waals surface area contributed by atoms with E-state index in [1.807, 2.05) is 67.7 Å². The van der Waals surface area contributed by atoms with Crippen molar-refractivity contribution in [2.24, 2.45) is 12.8 Å². The van der Waals surface area contributed by atoms with Gasteiger partial charge < -0.3 is 25.3 Å². The number of carbonyl (C=O) groups excluding carboxylic acids is 2. The molecule has 0 radical (unpaired) electrons. The van der Waals surface area contributed by atoms with Crippen LogP contribution >= 0.6 is 12.4 Å². The van der Waals surface area contributed by atoms with Crippen LogP contribution < -0.4 is 11.1 Å². The van der Waals surface area contributed by atoms with Crippen molar-refractivity contribution in [1.82, 2.24) is 19.4 Å². The van der Waals surface area contributed by atoms with E-state index in [9.17, 15) is 9.59 Å². The normalized spacial score (nSPS) is 12.5. The van der Waals surface area contributed by atoms with Crippen LogP contribution in [-0.2, 0) is 33.3 Å². The van der Waals surface area contributed by atoms with Crippen molar-refractivity contribution in [2.45, 2.75) is 32.7 Å². The highest BCUT2D eigenvalue weighted by atomic mass is 35.5. The highest BCUT2D eigenvalue weighted by Crippen LogP contribution is 2.30. The van der Waals surface area contributed by atoms with Gasteiger partial charge in [0.1, 0.15) is 11.7 Å². The number of rotatable bonds is 12. The molecule has 212 valence electrons. The van der Waals surface area contributed by atoms with Crippen LogP contribution in [-0.4, -0.2) is 77.4 Å². The third kappa shape index (κ3) is 7.27. The number of amides is 1. The maximum Gasteiger partial charge on any atom is 0.320 e. The second-order valence-corrected chi connectivity index (χ2v) is 9.76. The Morgan fingerprint density at radius 1 is 1.15 bits per heavy atom. The first kappa shape index (κ1) is 31.6. The molecular weight excluding hydrogens is 518 g/mol. The SMILES string of the molecule is CCOC(=O)CN(C)CC(C)(C(=O)N(C)CC)c1ccc2c(c1)nc(CNc1ccc(C(=N)N)cc1)n2C.Cl. The topological polar surface area (TPSA) is 130 Å². The molecule has 0 spiro atoms. The lowest BCUT2D eigenvalue weighted by atomic mass is 9.80. The molecular formula is C28H40ClN7O3. The van der Waals surface area contributed by atoms with Gasteiger partial charge in [0.15, 0.2) is 0 Å². The first-order chi connectivity index (χ1) is 18.0. The molecule has 1 aromatic heterocycles. The van der Waals surface area contributed by atoms with Crippen LogP contribution in [0.1, 0.15) is 37.7 Å². The van der Waals surface area contributed by atoms with Gasteiger partial charge >= 0.3 is 5.97 Å². The number of imidazole rings is 1. The smallest absolute Gasteiger partial charge is 0.320 e. The zero-order chi connectivity index (χ0) is 28.0. The number of fused-ring (bicyclic) bond motifs is 1. The number of amidine groups is 1. The number of likely N-dealkylation sites (N-methyl/N-ethyl adjacent to an activating group) is 2. The van der Waals surface area contributed by atoms with E-state index < -0.39 is 5.41 Å². The Morgan fingerprint density at radius 3 is 2.41 bits per heavy atom. The molecule has 0 aliphatic carbocycles. The number of ether oxygens (including phenoxy) is 1. The number of halogens is 1. The van der Waals surface area contributed by atoms with E-state index in [2.05, 4.69) is 5.32 Å². The largest absolute Gasteiger partial charge is 0.465 e. The molecule has 1 atom stereocenters. The summed E-state index contributed by atoms with van der Waals surface area (Å²) in [5.74, 6) is 0.528. The van der Waals surface area contributed by atoms with Crippen molar-refractivity contribution in [1.29, 1.82) is 5.41 Å². The number of nitrogens with one attached hydrogen (secondary N) is 2. The standard InChI is InChI=1S/C28H39N7O3.ClH/c1-7-34(5)27(37)28(3,18-33(4)17-25(36)38-8-2)20-11-14-23-22(15-20)32-24(35(23)6)16-31-21-12-9-19(10-13-21)26(29)30;/h9-15,31H,7-8,16-18H2,1-6H3,(H3,29,30);1H. The van der Waals surface area contributed by atoms with Gasteiger partial charge in [-0.15, -0.1) is 12.4 Å². The second kappa shape index (κ2) is 13.4. The Labute approximate surface area is 236 Å². The summed E-state index contributed by atoms with van der Waals surface area (Å²) in [6, 6.07) is 13.3. The first-order valence-corrected chi connectivity index (χ1v) is 12.7. The van der Waals surface area contributed by atoms with Crippen molar-refractivity contribution in [3.05, 3.63) is 59.4 Å². The number of anilines is 1. The van der Waals surface area contributed by atoms with Crippen molar-refractivity contribution in [3.8, 4) is 0 Å². The summed E-state index contributed by atoms with van der Waals surface area (Å²) in [6.45, 7) is 7.47. The molecule has 0 saturated heterocycles. The molecule has 0 bridgehead atoms. The average Bonchev–Trinajstić information content (AvgIpc) is 3.21. The minimum Gasteiger partial charge on any atom is -0.465 e. The van der Waals surface area contributed by atoms with Crippen molar-refractivity contribution in [2.75, 3.05) is 45.7 Å². The molecule has 1 unspecified atom stereocenters. The number of hydrogen-bond acceptors (Lipinski definition) is 7. The third-order valence-corrected chi connectivity index (χ3v) is 6.84. The van der Waals surface area contributed by atoms with E-state index in [1.165, 1.54) is 0 Å². The van der Waals surface area contributed by atoms with Crippen LogP contribution in [0.15, 0.2) is 42.5 Å². The molecule has 0 saturated carbocycles. The van der Waals surface area contributed by atoms with E-state index in [-0.39, 0.29) is 36.7 Å². The predicted molar refractivity (Wildman–Crippen MR) is 158 cm³/mol. The predicted octanol–water partition coefficient (Wildman–Crippen LogP) is 3.12. The maximum absolute atomic E-state index is 13.6. The lowest BCUT2D eigenvalue weighted by Crippen LogP contribution is -2.50. The van der Waals surface area contributed by atoms with Crippen molar-refractivity contribution in [3.63, 3.8) is 0 Å². The Bertz CT molecular complexity index is 1310. The molecule has 1 amide bonds. The van der Waals surface area contributed by atoms with Crippen molar-refractivity contribution < 1.29 is 14.3 Å². The van der Waals surface area contributed by atoms with E-state index in [4.69, 9.17) is 20.9 Å². The molecule has 1 heterocycles. The van der Waals surface area contributed by atoms with E-state index in [1.54, 1.807) is 31.0 Å². The molecule has 0 fully saturated rings. The van der Waals surface area contributed by atoms with Gasteiger partial charge in [0, 0.05) is 38.4 Å². The average molecular weight is 558 g/mol. The van der Waals surface area contributed by atoms with Crippen molar-refractivity contribution >= 4 is 46.8 Å². The third-order valence-electron chi connectivity index (χ3n) is 6.84. The van der Waals surface area contributed by atoms with E-state index >= 15 is 0 Å². The van der Waals surface area contributed by atoms with Gasteiger partial charge in [-0.25, -0.2) is 4.98 Å². The molecule has 3 aromatic rings. The molecule has 11 heteroatoms. The summed E-state index contributed by atoms with van der Waals surface area (Å²) in [7, 11) is 5.57. The molecule has 0 aliphatic heterocycles. The number of nitrogens with two attached hydrogens (primary N) is 1. The fraction of sp³-hybridized carbons (Fsp3) is 0.429. The lowest BCUT2D eigenvalue weighted by molar-refractivity contribution is -0.145. The summed E-state index contributed by atoms with van der Waals surface area (Å²) in [6.07, 6.45) is 0. The minimum atomic E-state index is -0.894.